The van der Waals surface area contributed by atoms with Gasteiger partial charge in [0.2, 0.25) is 0 Å². The molecule has 0 unspecified atom stereocenters. The van der Waals surface area contributed by atoms with Gasteiger partial charge in [-0.05, 0) is 6.92 Å². The lowest BCUT2D eigenvalue weighted by molar-refractivity contribution is -0.688. The summed E-state index contributed by atoms with van der Waals surface area (Å²) in [4.78, 5) is 13.6. The highest BCUT2D eigenvalue weighted by Crippen LogP contribution is 1.81. The molecule has 1 rings (SSSR count). The maximum Gasteiger partial charge on any atom is 0.251 e. The van der Waals surface area contributed by atoms with Gasteiger partial charge in [0.05, 0.1) is 0 Å². The molecule has 0 atom stereocenters. The van der Waals surface area contributed by atoms with E-state index in [-0.39, 0.29) is 5.78 Å². The average Bonchev–Trinajstić information content (AvgIpc) is 2.15. The molecule has 0 saturated heterocycles. The van der Waals surface area contributed by atoms with Crippen LogP contribution in [0.4, 0.5) is 0 Å². The fourth-order valence-corrected chi connectivity index (χ4v) is 0.854. The summed E-state index contributed by atoms with van der Waals surface area (Å²) in [5, 5.41) is 0. The molecule has 0 amide bonds. The molecule has 0 aliphatic heterocycles. The molecule has 1 N–H and O–H groups in total. The number of hydrogen-bond acceptors (Lipinski definition) is 1. The highest BCUT2D eigenvalue weighted by molar-refractivity contribution is 5.73. The van der Waals surface area contributed by atoms with Crippen LogP contribution in [0.15, 0.2) is 12.4 Å². The molecule has 1 aromatic heterocycles. The van der Waals surface area contributed by atoms with Gasteiger partial charge in [0.1, 0.15) is 18.9 Å². The molecule has 3 nitrogen and oxygen atoms in total. The van der Waals surface area contributed by atoms with Crippen LogP contribution in [-0.2, 0) is 11.3 Å². The van der Waals surface area contributed by atoms with E-state index in [9.17, 15) is 4.79 Å². The van der Waals surface area contributed by atoms with Crippen molar-refractivity contribution in [2.45, 2.75) is 20.4 Å². The van der Waals surface area contributed by atoms with E-state index in [1.54, 1.807) is 6.92 Å². The molecule has 0 fully saturated rings. The van der Waals surface area contributed by atoms with Crippen LogP contribution < -0.4 is 4.57 Å². The second-order valence-corrected chi connectivity index (χ2v) is 2.38. The zero-order chi connectivity index (χ0) is 7.56. The largest absolute Gasteiger partial charge is 0.296 e. The lowest BCUT2D eigenvalue weighted by atomic mass is 10.4. The predicted molar refractivity (Wildman–Crippen MR) is 36.4 cm³/mol. The molecule has 10 heavy (non-hydrogen) atoms. The van der Waals surface area contributed by atoms with Crippen molar-refractivity contribution in [2.75, 3.05) is 0 Å². The molecule has 0 spiro atoms. The first kappa shape index (κ1) is 6.99. The van der Waals surface area contributed by atoms with Gasteiger partial charge in [-0.3, -0.25) is 4.79 Å². The van der Waals surface area contributed by atoms with Gasteiger partial charge < -0.3 is 0 Å². The number of aromatic amines is 1. The molecule has 0 saturated carbocycles. The van der Waals surface area contributed by atoms with Crippen LogP contribution in [0.3, 0.4) is 0 Å². The summed E-state index contributed by atoms with van der Waals surface area (Å²) in [6, 6.07) is 0. The fourth-order valence-electron chi connectivity index (χ4n) is 0.854. The number of carbonyl (C=O) groups excluding carboxylic acids is 1. The first-order valence-corrected chi connectivity index (χ1v) is 3.23. The number of carbonyl (C=O) groups is 1. The number of H-pyrrole nitrogens is 1. The first-order chi connectivity index (χ1) is 4.70. The van der Waals surface area contributed by atoms with E-state index in [0.717, 1.165) is 5.82 Å². The van der Waals surface area contributed by atoms with Gasteiger partial charge in [0.15, 0.2) is 5.78 Å². The number of rotatable bonds is 2. The molecule has 1 aromatic rings. The monoisotopic (exact) mass is 139 g/mol. The van der Waals surface area contributed by atoms with E-state index in [1.165, 1.54) is 0 Å². The highest BCUT2D eigenvalue weighted by atomic mass is 16.1. The van der Waals surface area contributed by atoms with E-state index in [0.29, 0.717) is 6.54 Å². The molecule has 0 aliphatic carbocycles. The lowest BCUT2D eigenvalue weighted by Crippen LogP contribution is -2.37. The van der Waals surface area contributed by atoms with Crippen LogP contribution in [0.2, 0.25) is 0 Å². The Morgan fingerprint density at radius 2 is 2.50 bits per heavy atom. The SMILES string of the molecule is CC(=O)C[n+]1cc[nH]c1C. The standard InChI is InChI=1S/C7H10N2O/c1-6(10)5-9-4-3-8-7(9)2/h3-4H,5H2,1-2H3/p+1. The van der Waals surface area contributed by atoms with Crippen molar-refractivity contribution in [3.05, 3.63) is 18.2 Å². The third-order valence-electron chi connectivity index (χ3n) is 1.37. The third-order valence-corrected chi connectivity index (χ3v) is 1.37. The summed E-state index contributed by atoms with van der Waals surface area (Å²) in [7, 11) is 0. The summed E-state index contributed by atoms with van der Waals surface area (Å²) in [6.07, 6.45) is 3.68. The van der Waals surface area contributed by atoms with Gasteiger partial charge in [-0.25, -0.2) is 9.55 Å². The predicted octanol–water partition coefficient (Wildman–Crippen LogP) is 0.200. The number of Topliss-reactive ketones (excluding diaryl/α,β-unsaturated/α-hetero) is 1. The Labute approximate surface area is 59.7 Å². The second-order valence-electron chi connectivity index (χ2n) is 2.38. The number of aromatic nitrogens is 2. The Kier molecular flexibility index (Phi) is 1.85. The van der Waals surface area contributed by atoms with Gasteiger partial charge in [-0.1, -0.05) is 0 Å². The van der Waals surface area contributed by atoms with Crippen molar-refractivity contribution < 1.29 is 9.36 Å². The number of hydrogen-bond donors (Lipinski definition) is 1. The molecule has 3 heteroatoms. The van der Waals surface area contributed by atoms with E-state index < -0.39 is 0 Å². The Hall–Kier alpha value is -1.12. The van der Waals surface area contributed by atoms with Crippen molar-refractivity contribution in [3.8, 4) is 0 Å². The van der Waals surface area contributed by atoms with Crippen molar-refractivity contribution in [3.63, 3.8) is 0 Å². The molecule has 0 bridgehead atoms. The smallest absolute Gasteiger partial charge is 0.251 e. The quantitative estimate of drug-likeness (QED) is 0.584. The van der Waals surface area contributed by atoms with Crippen molar-refractivity contribution in [2.24, 2.45) is 0 Å². The van der Waals surface area contributed by atoms with Crippen molar-refractivity contribution >= 4 is 5.78 Å². The second kappa shape index (κ2) is 2.64. The minimum Gasteiger partial charge on any atom is -0.296 e. The van der Waals surface area contributed by atoms with Gasteiger partial charge in [-0.2, -0.15) is 0 Å². The third kappa shape index (κ3) is 1.43. The molecular formula is C7H11N2O+. The van der Waals surface area contributed by atoms with Crippen LogP contribution in [0, 0.1) is 6.92 Å². The van der Waals surface area contributed by atoms with Crippen molar-refractivity contribution in [1.29, 1.82) is 0 Å². The topological polar surface area (TPSA) is 36.7 Å². The molecular weight excluding hydrogens is 128 g/mol. The molecule has 0 radical (unpaired) electrons. The van der Waals surface area contributed by atoms with E-state index >= 15 is 0 Å². The Balaban J connectivity index is 2.74. The van der Waals surface area contributed by atoms with Crippen molar-refractivity contribution in [1.82, 2.24) is 4.98 Å². The Bertz CT molecular complexity index is 240. The molecule has 0 aliphatic rings. The van der Waals surface area contributed by atoms with Crippen LogP contribution in [0.25, 0.3) is 0 Å². The van der Waals surface area contributed by atoms with Gasteiger partial charge in [0, 0.05) is 6.92 Å². The lowest BCUT2D eigenvalue weighted by Gasteiger charge is -1.90. The minimum absolute atomic E-state index is 0.174. The van der Waals surface area contributed by atoms with E-state index in [1.807, 2.05) is 23.9 Å². The molecule has 1 heterocycles. The Morgan fingerprint density at radius 1 is 1.80 bits per heavy atom. The number of imidazole rings is 1. The highest BCUT2D eigenvalue weighted by Gasteiger charge is 2.05. The number of ketones is 1. The summed E-state index contributed by atoms with van der Waals surface area (Å²) in [5.74, 6) is 1.18. The van der Waals surface area contributed by atoms with Crippen LogP contribution in [-0.4, -0.2) is 10.8 Å². The number of nitrogens with one attached hydrogen (secondary N) is 1. The minimum atomic E-state index is 0.174. The zero-order valence-electron chi connectivity index (χ0n) is 6.22. The summed E-state index contributed by atoms with van der Waals surface area (Å²) >= 11 is 0. The fraction of sp³-hybridized carbons (Fsp3) is 0.429. The van der Waals surface area contributed by atoms with Gasteiger partial charge in [0.25, 0.3) is 5.82 Å². The molecule has 0 aromatic carbocycles. The van der Waals surface area contributed by atoms with Crippen LogP contribution >= 0.6 is 0 Å². The van der Waals surface area contributed by atoms with Crippen LogP contribution in [0.1, 0.15) is 12.7 Å². The van der Waals surface area contributed by atoms with Crippen LogP contribution in [0.5, 0.6) is 0 Å². The zero-order valence-corrected chi connectivity index (χ0v) is 6.22. The Morgan fingerprint density at radius 3 is 2.90 bits per heavy atom. The number of nitrogens with zero attached hydrogens (tertiary/aromatic N) is 1. The van der Waals surface area contributed by atoms with E-state index in [4.69, 9.17) is 0 Å². The summed E-state index contributed by atoms with van der Waals surface area (Å²) in [6.45, 7) is 3.98. The maximum absolute atomic E-state index is 10.6. The first-order valence-electron chi connectivity index (χ1n) is 3.23. The summed E-state index contributed by atoms with van der Waals surface area (Å²) < 4.78 is 1.88. The summed E-state index contributed by atoms with van der Waals surface area (Å²) in [5.41, 5.74) is 0. The number of aryl methyl sites for hydroxylation is 1. The maximum atomic E-state index is 10.6. The van der Waals surface area contributed by atoms with Gasteiger partial charge in [-0.15, -0.1) is 0 Å². The van der Waals surface area contributed by atoms with E-state index in [2.05, 4.69) is 4.98 Å². The van der Waals surface area contributed by atoms with Gasteiger partial charge >= 0.3 is 0 Å². The average molecular weight is 139 g/mol. The normalized spacial score (nSPS) is 9.80. The molecule has 54 valence electrons.